The molecule has 0 spiro atoms. The highest BCUT2D eigenvalue weighted by Crippen LogP contribution is 2.41. The van der Waals surface area contributed by atoms with Crippen molar-refractivity contribution < 1.29 is 4.79 Å². The van der Waals surface area contributed by atoms with Crippen LogP contribution in [-0.2, 0) is 0 Å². The largest absolute Gasteiger partial charge is 0.320 e. The molecule has 1 N–H and O–H groups in total. The van der Waals surface area contributed by atoms with Gasteiger partial charge in [0.05, 0.1) is 25.8 Å². The highest BCUT2D eigenvalue weighted by atomic mass is 35.5. The maximum absolute atomic E-state index is 12.5. The molecule has 2 aromatic carbocycles. The monoisotopic (exact) mass is 423 g/mol. The molecule has 0 saturated heterocycles. The predicted molar refractivity (Wildman–Crippen MR) is 101 cm³/mol. The molecule has 0 atom stereocenters. The maximum atomic E-state index is 12.5. The van der Waals surface area contributed by atoms with Crippen LogP contribution < -0.4 is 5.32 Å². The van der Waals surface area contributed by atoms with Gasteiger partial charge < -0.3 is 5.32 Å². The number of anilines is 1. The van der Waals surface area contributed by atoms with Crippen LogP contribution in [0, 0.1) is 0 Å². The summed E-state index contributed by atoms with van der Waals surface area (Å²) in [6.45, 7) is 0. The molecule has 118 valence electrons. The van der Waals surface area contributed by atoms with Crippen molar-refractivity contribution >= 4 is 91.0 Å². The Kier molecular flexibility index (Phi) is 4.98. The van der Waals surface area contributed by atoms with E-state index in [0.29, 0.717) is 31.0 Å². The van der Waals surface area contributed by atoms with Crippen LogP contribution in [0.15, 0.2) is 30.3 Å². The number of amides is 1. The van der Waals surface area contributed by atoms with Gasteiger partial charge in [-0.1, -0.05) is 64.1 Å². The molecule has 0 aliphatic carbocycles. The summed E-state index contributed by atoms with van der Waals surface area (Å²) in [6, 6.07) is 8.26. The van der Waals surface area contributed by atoms with E-state index in [1.54, 1.807) is 30.3 Å². The van der Waals surface area contributed by atoms with Crippen molar-refractivity contribution in [2.45, 2.75) is 0 Å². The minimum atomic E-state index is -0.396. The van der Waals surface area contributed by atoms with Crippen molar-refractivity contribution in [1.29, 1.82) is 0 Å². The predicted octanol–water partition coefficient (Wildman–Crippen LogP) is 7.42. The van der Waals surface area contributed by atoms with Gasteiger partial charge >= 0.3 is 0 Å². The minimum Gasteiger partial charge on any atom is -0.320 e. The average Bonchev–Trinajstić information content (AvgIpc) is 2.81. The van der Waals surface area contributed by atoms with E-state index in [-0.39, 0.29) is 10.0 Å². The lowest BCUT2D eigenvalue weighted by atomic mass is 10.2. The molecule has 0 unspecified atom stereocenters. The number of halogens is 5. The summed E-state index contributed by atoms with van der Waals surface area (Å²) in [5.41, 5.74) is 0.404. The van der Waals surface area contributed by atoms with Gasteiger partial charge in [-0.25, -0.2) is 0 Å². The number of hydrogen-bond donors (Lipinski definition) is 1. The molecule has 3 aromatic rings. The Labute approximate surface area is 160 Å². The minimum absolute atomic E-state index is 0.265. The summed E-state index contributed by atoms with van der Waals surface area (Å²) in [5, 5.41) is 5.07. The van der Waals surface area contributed by atoms with Crippen LogP contribution in [-0.4, -0.2) is 5.91 Å². The zero-order valence-corrected chi connectivity index (χ0v) is 15.7. The molecular formula is C15H6Cl5NOS. The molecule has 0 aliphatic heterocycles. The van der Waals surface area contributed by atoms with Gasteiger partial charge in [0.2, 0.25) is 0 Å². The number of hydrogen-bond acceptors (Lipinski definition) is 2. The first kappa shape index (κ1) is 17.2. The van der Waals surface area contributed by atoms with Crippen LogP contribution in [0.1, 0.15) is 9.67 Å². The second-order valence-electron chi connectivity index (χ2n) is 4.56. The van der Waals surface area contributed by atoms with Gasteiger partial charge in [-0.2, -0.15) is 0 Å². The Morgan fingerprint density at radius 1 is 0.957 bits per heavy atom. The fourth-order valence-electron chi connectivity index (χ4n) is 2.04. The van der Waals surface area contributed by atoms with Gasteiger partial charge in [0.15, 0.2) is 0 Å². The van der Waals surface area contributed by atoms with Gasteiger partial charge in [-0.05, 0) is 24.3 Å². The van der Waals surface area contributed by atoms with E-state index in [2.05, 4.69) is 5.32 Å². The molecule has 2 nitrogen and oxygen atoms in total. The van der Waals surface area contributed by atoms with Crippen LogP contribution in [0.25, 0.3) is 10.1 Å². The fourth-order valence-corrected chi connectivity index (χ4v) is 4.66. The third-order valence-corrected chi connectivity index (χ3v) is 6.02. The number of carbonyl (C=O) groups excluding carboxylic acids is 1. The van der Waals surface area contributed by atoms with Crippen molar-refractivity contribution in [2.75, 3.05) is 5.32 Å². The zero-order valence-electron chi connectivity index (χ0n) is 11.1. The molecule has 0 fully saturated rings. The van der Waals surface area contributed by atoms with Crippen molar-refractivity contribution in [3.63, 3.8) is 0 Å². The van der Waals surface area contributed by atoms with Crippen molar-refractivity contribution in [1.82, 2.24) is 0 Å². The van der Waals surface area contributed by atoms with E-state index in [9.17, 15) is 4.79 Å². The molecule has 1 aromatic heterocycles. The quantitative estimate of drug-likeness (QED) is 0.455. The van der Waals surface area contributed by atoms with Crippen molar-refractivity contribution in [2.24, 2.45) is 0 Å². The average molecular weight is 426 g/mol. The second kappa shape index (κ2) is 6.67. The molecule has 3 rings (SSSR count). The maximum Gasteiger partial charge on any atom is 0.267 e. The highest BCUT2D eigenvalue weighted by Gasteiger charge is 2.20. The third kappa shape index (κ3) is 3.27. The Morgan fingerprint density at radius 2 is 1.70 bits per heavy atom. The lowest BCUT2D eigenvalue weighted by Crippen LogP contribution is -2.11. The van der Waals surface area contributed by atoms with Crippen molar-refractivity contribution in [3.05, 3.63) is 60.3 Å². The lowest BCUT2D eigenvalue weighted by molar-refractivity contribution is 0.103. The van der Waals surface area contributed by atoms with Gasteiger partial charge in [0, 0.05) is 15.1 Å². The van der Waals surface area contributed by atoms with Gasteiger partial charge in [0.1, 0.15) is 4.88 Å². The number of nitrogens with one attached hydrogen (secondary N) is 1. The van der Waals surface area contributed by atoms with E-state index in [1.165, 1.54) is 11.3 Å². The third-order valence-electron chi connectivity index (χ3n) is 3.06. The first-order valence-corrected chi connectivity index (χ1v) is 8.91. The molecule has 23 heavy (non-hydrogen) atoms. The van der Waals surface area contributed by atoms with Gasteiger partial charge in [-0.15, -0.1) is 11.3 Å². The number of thiophene rings is 1. The molecular weight excluding hydrogens is 420 g/mol. The normalized spacial score (nSPS) is 11.0. The van der Waals surface area contributed by atoms with Gasteiger partial charge in [-0.3, -0.25) is 4.79 Å². The lowest BCUT2D eigenvalue weighted by Gasteiger charge is -2.07. The van der Waals surface area contributed by atoms with E-state index in [0.717, 1.165) is 4.70 Å². The SMILES string of the molecule is O=C(Nc1cccc(Cl)c1Cl)c1sc2cc(Cl)cc(Cl)c2c1Cl. The van der Waals surface area contributed by atoms with Crippen molar-refractivity contribution in [3.8, 4) is 0 Å². The highest BCUT2D eigenvalue weighted by molar-refractivity contribution is 7.21. The smallest absolute Gasteiger partial charge is 0.267 e. The van der Waals surface area contributed by atoms with E-state index in [1.807, 2.05) is 0 Å². The van der Waals surface area contributed by atoms with Crippen LogP contribution in [0.2, 0.25) is 25.1 Å². The molecule has 0 aliphatic rings. The fraction of sp³-hybridized carbons (Fsp3) is 0. The Bertz CT molecular complexity index is 937. The number of rotatable bonds is 2. The van der Waals surface area contributed by atoms with Crippen LogP contribution in [0.5, 0.6) is 0 Å². The topological polar surface area (TPSA) is 29.1 Å². The van der Waals surface area contributed by atoms with Crippen LogP contribution in [0.4, 0.5) is 5.69 Å². The zero-order chi connectivity index (χ0) is 16.7. The summed E-state index contributed by atoms with van der Waals surface area (Å²) < 4.78 is 0.731. The number of carbonyl (C=O) groups is 1. The first-order chi connectivity index (χ1) is 10.9. The Balaban J connectivity index is 2.03. The van der Waals surface area contributed by atoms with E-state index < -0.39 is 5.91 Å². The van der Waals surface area contributed by atoms with Crippen LogP contribution in [0.3, 0.4) is 0 Å². The Hall–Kier alpha value is -0.680. The molecule has 0 bridgehead atoms. The molecule has 1 heterocycles. The van der Waals surface area contributed by atoms with E-state index >= 15 is 0 Å². The first-order valence-electron chi connectivity index (χ1n) is 6.21. The summed E-state index contributed by atoms with van der Waals surface area (Å²) in [4.78, 5) is 12.8. The Morgan fingerprint density at radius 3 is 2.43 bits per heavy atom. The number of fused-ring (bicyclic) bond motifs is 1. The molecule has 1 amide bonds. The van der Waals surface area contributed by atoms with Crippen LogP contribution >= 0.6 is 69.3 Å². The van der Waals surface area contributed by atoms with Gasteiger partial charge in [0.25, 0.3) is 5.91 Å². The summed E-state index contributed by atoms with van der Waals surface area (Å²) in [6.07, 6.45) is 0. The number of benzene rings is 2. The summed E-state index contributed by atoms with van der Waals surface area (Å²) in [7, 11) is 0. The molecule has 0 saturated carbocycles. The van der Waals surface area contributed by atoms with E-state index in [4.69, 9.17) is 58.0 Å². The standard InChI is InChI=1S/C15H6Cl5NOS/c16-6-4-8(18)11-10(5-6)23-14(13(11)20)15(22)21-9-3-1-2-7(17)12(9)19/h1-5H,(H,21,22). The molecule has 0 radical (unpaired) electrons. The summed E-state index contributed by atoms with van der Waals surface area (Å²) in [5.74, 6) is -0.396. The second-order valence-corrected chi connectivity index (χ2v) is 7.62. The summed E-state index contributed by atoms with van der Waals surface area (Å²) >= 11 is 31.7. The molecule has 8 heteroatoms.